The number of amides is 1. The first-order chi connectivity index (χ1) is 10.2. The summed E-state index contributed by atoms with van der Waals surface area (Å²) in [6.45, 7) is 0.507. The Bertz CT molecular complexity index is 682. The van der Waals surface area contributed by atoms with Gasteiger partial charge in [-0.3, -0.25) is 4.79 Å². The Hall–Kier alpha value is -2.44. The lowest BCUT2D eigenvalue weighted by Crippen LogP contribution is -2.49. The standard InChI is InChI=1S/C14H16N4O3/c19-13(17-8-4-3-7-12(17)14(20)21)9-18-11-6-2-1-5-10(11)15-16-18/h1-2,5-6,12H,3-4,7-9H2,(H,20,21)/t12-/m1/s1. The van der Waals surface area contributed by atoms with Crippen LogP contribution in [0.5, 0.6) is 0 Å². The normalized spacial score (nSPS) is 18.9. The SMILES string of the molecule is O=C(O)[C@H]1CCCCN1C(=O)Cn1nnc2ccccc21. The molecule has 3 rings (SSSR count). The number of aromatic nitrogens is 3. The molecule has 110 valence electrons. The molecule has 0 unspecified atom stereocenters. The Kier molecular flexibility index (Phi) is 3.55. The average Bonchev–Trinajstić information content (AvgIpc) is 2.90. The third-order valence-electron chi connectivity index (χ3n) is 3.81. The van der Waals surface area contributed by atoms with Gasteiger partial charge in [0.2, 0.25) is 5.91 Å². The molecule has 1 N–H and O–H groups in total. The Balaban J connectivity index is 1.80. The van der Waals surface area contributed by atoms with Crippen molar-refractivity contribution in [2.24, 2.45) is 0 Å². The predicted molar refractivity (Wildman–Crippen MR) is 74.5 cm³/mol. The van der Waals surface area contributed by atoms with Gasteiger partial charge in [-0.15, -0.1) is 5.10 Å². The van der Waals surface area contributed by atoms with Gasteiger partial charge in [0.1, 0.15) is 18.1 Å². The van der Waals surface area contributed by atoms with Crippen molar-refractivity contribution in [3.05, 3.63) is 24.3 Å². The first-order valence-corrected chi connectivity index (χ1v) is 6.97. The van der Waals surface area contributed by atoms with Crippen molar-refractivity contribution in [2.45, 2.75) is 31.8 Å². The monoisotopic (exact) mass is 288 g/mol. The van der Waals surface area contributed by atoms with Crippen LogP contribution in [0.1, 0.15) is 19.3 Å². The lowest BCUT2D eigenvalue weighted by molar-refractivity contribution is -0.152. The average molecular weight is 288 g/mol. The number of rotatable bonds is 3. The minimum Gasteiger partial charge on any atom is -0.480 e. The van der Waals surface area contributed by atoms with Gasteiger partial charge in [0, 0.05) is 6.54 Å². The largest absolute Gasteiger partial charge is 0.480 e. The van der Waals surface area contributed by atoms with Crippen molar-refractivity contribution in [2.75, 3.05) is 6.54 Å². The van der Waals surface area contributed by atoms with Gasteiger partial charge in [-0.2, -0.15) is 0 Å². The van der Waals surface area contributed by atoms with E-state index in [2.05, 4.69) is 10.3 Å². The summed E-state index contributed by atoms with van der Waals surface area (Å²) in [5.74, 6) is -1.16. The summed E-state index contributed by atoms with van der Waals surface area (Å²) < 4.78 is 1.52. The number of piperidine rings is 1. The van der Waals surface area contributed by atoms with Gasteiger partial charge in [0.15, 0.2) is 0 Å². The molecule has 1 atom stereocenters. The van der Waals surface area contributed by atoms with Crippen LogP contribution in [-0.2, 0) is 16.1 Å². The summed E-state index contributed by atoms with van der Waals surface area (Å²) in [5.41, 5.74) is 1.49. The quantitative estimate of drug-likeness (QED) is 0.906. The first kappa shape index (κ1) is 13.5. The maximum Gasteiger partial charge on any atom is 0.326 e. The van der Waals surface area contributed by atoms with Crippen molar-refractivity contribution in [1.82, 2.24) is 19.9 Å². The van der Waals surface area contributed by atoms with Gasteiger partial charge >= 0.3 is 5.97 Å². The van der Waals surface area contributed by atoms with E-state index in [1.54, 1.807) is 0 Å². The zero-order valence-electron chi connectivity index (χ0n) is 11.5. The van der Waals surface area contributed by atoms with Gasteiger partial charge in [0.25, 0.3) is 0 Å². The first-order valence-electron chi connectivity index (χ1n) is 6.97. The number of fused-ring (bicyclic) bond motifs is 1. The summed E-state index contributed by atoms with van der Waals surface area (Å²) in [4.78, 5) is 25.1. The molecule has 21 heavy (non-hydrogen) atoms. The van der Waals surface area contributed by atoms with Crippen molar-refractivity contribution < 1.29 is 14.7 Å². The fraction of sp³-hybridized carbons (Fsp3) is 0.429. The predicted octanol–water partition coefficient (Wildman–Crippen LogP) is 0.897. The van der Waals surface area contributed by atoms with Crippen LogP contribution in [0.4, 0.5) is 0 Å². The molecule has 1 aliphatic rings. The molecule has 7 nitrogen and oxygen atoms in total. The third kappa shape index (κ3) is 2.58. The van der Waals surface area contributed by atoms with Crippen molar-refractivity contribution >= 4 is 22.9 Å². The number of aliphatic carboxylic acids is 1. The molecule has 0 spiro atoms. The highest BCUT2D eigenvalue weighted by Crippen LogP contribution is 2.18. The number of nitrogens with zero attached hydrogens (tertiary/aromatic N) is 4. The van der Waals surface area contributed by atoms with Crippen molar-refractivity contribution in [3.8, 4) is 0 Å². The topological polar surface area (TPSA) is 88.3 Å². The molecule has 0 saturated carbocycles. The number of carboxylic acids is 1. The number of hydrogen-bond acceptors (Lipinski definition) is 4. The second-order valence-corrected chi connectivity index (χ2v) is 5.17. The zero-order valence-corrected chi connectivity index (χ0v) is 11.5. The summed E-state index contributed by atoms with van der Waals surface area (Å²) in [6.07, 6.45) is 2.19. The summed E-state index contributed by atoms with van der Waals surface area (Å²) >= 11 is 0. The number of benzene rings is 1. The Morgan fingerprint density at radius 2 is 2.10 bits per heavy atom. The Labute approximate surface area is 121 Å². The van der Waals surface area contributed by atoms with E-state index in [4.69, 9.17) is 0 Å². The van der Waals surface area contributed by atoms with Gasteiger partial charge < -0.3 is 10.0 Å². The summed E-state index contributed by atoms with van der Waals surface area (Å²) in [7, 11) is 0. The van der Waals surface area contributed by atoms with Crippen LogP contribution >= 0.6 is 0 Å². The smallest absolute Gasteiger partial charge is 0.326 e. The molecule has 1 amide bonds. The molecule has 7 heteroatoms. The zero-order chi connectivity index (χ0) is 14.8. The van der Waals surface area contributed by atoms with E-state index >= 15 is 0 Å². The minimum atomic E-state index is -0.938. The molecule has 2 aromatic rings. The second-order valence-electron chi connectivity index (χ2n) is 5.17. The second kappa shape index (κ2) is 5.51. The highest BCUT2D eigenvalue weighted by Gasteiger charge is 2.32. The Morgan fingerprint density at radius 3 is 2.90 bits per heavy atom. The number of likely N-dealkylation sites (tertiary alicyclic amines) is 1. The van der Waals surface area contributed by atoms with Crippen LogP contribution in [0.25, 0.3) is 11.0 Å². The molecule has 1 aromatic carbocycles. The van der Waals surface area contributed by atoms with E-state index in [1.807, 2.05) is 24.3 Å². The molecule has 0 aliphatic carbocycles. The van der Waals surface area contributed by atoms with Crippen LogP contribution in [0, 0.1) is 0 Å². The lowest BCUT2D eigenvalue weighted by Gasteiger charge is -2.32. The van der Waals surface area contributed by atoms with E-state index in [0.29, 0.717) is 13.0 Å². The molecule has 0 radical (unpaired) electrons. The highest BCUT2D eigenvalue weighted by molar-refractivity contribution is 5.85. The molecule has 2 heterocycles. The number of para-hydroxylation sites is 1. The van der Waals surface area contributed by atoms with Crippen LogP contribution < -0.4 is 0 Å². The number of carbonyl (C=O) groups excluding carboxylic acids is 1. The molecule has 0 bridgehead atoms. The highest BCUT2D eigenvalue weighted by atomic mass is 16.4. The van der Waals surface area contributed by atoms with Gasteiger partial charge in [-0.25, -0.2) is 9.48 Å². The van der Waals surface area contributed by atoms with Gasteiger partial charge in [-0.1, -0.05) is 17.3 Å². The Morgan fingerprint density at radius 1 is 1.29 bits per heavy atom. The molecule has 1 aromatic heterocycles. The lowest BCUT2D eigenvalue weighted by atomic mass is 10.0. The molecule has 1 saturated heterocycles. The van der Waals surface area contributed by atoms with Crippen LogP contribution in [0.3, 0.4) is 0 Å². The fourth-order valence-corrected chi connectivity index (χ4v) is 2.74. The van der Waals surface area contributed by atoms with Crippen LogP contribution in [-0.4, -0.2) is 49.5 Å². The number of carboxylic acid groups (broad SMARTS) is 1. The third-order valence-corrected chi connectivity index (χ3v) is 3.81. The van der Waals surface area contributed by atoms with E-state index in [9.17, 15) is 14.7 Å². The van der Waals surface area contributed by atoms with Crippen LogP contribution in [0.2, 0.25) is 0 Å². The van der Waals surface area contributed by atoms with Crippen molar-refractivity contribution in [3.63, 3.8) is 0 Å². The maximum atomic E-state index is 12.4. The minimum absolute atomic E-state index is 0.0181. The van der Waals surface area contributed by atoms with Crippen LogP contribution in [0.15, 0.2) is 24.3 Å². The van der Waals surface area contributed by atoms with E-state index in [1.165, 1.54) is 9.58 Å². The molecule has 1 aliphatic heterocycles. The number of hydrogen-bond donors (Lipinski definition) is 1. The summed E-state index contributed by atoms with van der Waals surface area (Å²) in [5, 5.41) is 17.2. The molecule has 1 fully saturated rings. The van der Waals surface area contributed by atoms with Gasteiger partial charge in [-0.05, 0) is 31.4 Å². The van der Waals surface area contributed by atoms with Gasteiger partial charge in [0.05, 0.1) is 5.52 Å². The van der Waals surface area contributed by atoms with Crippen molar-refractivity contribution in [1.29, 1.82) is 0 Å². The van der Waals surface area contributed by atoms with E-state index in [-0.39, 0.29) is 12.5 Å². The summed E-state index contributed by atoms with van der Waals surface area (Å²) in [6, 6.07) is 6.65. The maximum absolute atomic E-state index is 12.4. The molecular formula is C14H16N4O3. The fourth-order valence-electron chi connectivity index (χ4n) is 2.74. The number of carbonyl (C=O) groups is 2. The molecular weight excluding hydrogens is 272 g/mol. The van der Waals surface area contributed by atoms with E-state index < -0.39 is 12.0 Å². The van der Waals surface area contributed by atoms with E-state index in [0.717, 1.165) is 23.9 Å².